The van der Waals surface area contributed by atoms with Gasteiger partial charge in [0.25, 0.3) is 10.0 Å². The van der Waals surface area contributed by atoms with Gasteiger partial charge in [-0.3, -0.25) is 9.52 Å². The first-order valence-corrected chi connectivity index (χ1v) is 10.9. The van der Waals surface area contributed by atoms with Crippen molar-refractivity contribution in [1.82, 2.24) is 0 Å². The molecule has 0 aliphatic heterocycles. The Bertz CT molecular complexity index is 1050. The van der Waals surface area contributed by atoms with Gasteiger partial charge >= 0.3 is 0 Å². The number of carbonyl (C=O) groups is 1. The van der Waals surface area contributed by atoms with Crippen molar-refractivity contribution < 1.29 is 17.9 Å². The molecule has 2 aromatic carbocycles. The maximum Gasteiger partial charge on any atom is 0.262 e. The van der Waals surface area contributed by atoms with E-state index in [1.165, 1.54) is 19.2 Å². The number of hydrogen-bond acceptors (Lipinski definition) is 5. The van der Waals surface area contributed by atoms with Crippen molar-refractivity contribution in [3.05, 3.63) is 70.9 Å². The van der Waals surface area contributed by atoms with E-state index in [0.29, 0.717) is 30.0 Å². The van der Waals surface area contributed by atoms with Crippen LogP contribution >= 0.6 is 11.3 Å². The van der Waals surface area contributed by atoms with E-state index in [9.17, 15) is 13.2 Å². The third-order valence-electron chi connectivity index (χ3n) is 3.96. The number of methoxy groups -OCH3 is 1. The molecule has 0 aliphatic carbocycles. The molecule has 0 radical (unpaired) electrons. The predicted molar refractivity (Wildman–Crippen MR) is 112 cm³/mol. The molecule has 3 aromatic rings. The van der Waals surface area contributed by atoms with Crippen LogP contribution in [0, 0.1) is 0 Å². The van der Waals surface area contributed by atoms with Gasteiger partial charge in [0.05, 0.1) is 17.7 Å². The highest BCUT2D eigenvalue weighted by molar-refractivity contribution is 7.92. The van der Waals surface area contributed by atoms with Crippen LogP contribution in [0.25, 0.3) is 0 Å². The smallest absolute Gasteiger partial charge is 0.262 e. The van der Waals surface area contributed by atoms with Crippen molar-refractivity contribution in [1.29, 1.82) is 0 Å². The van der Waals surface area contributed by atoms with E-state index in [4.69, 9.17) is 4.74 Å². The normalized spacial score (nSPS) is 11.0. The Hall–Kier alpha value is -2.84. The number of anilines is 2. The lowest BCUT2D eigenvalue weighted by Crippen LogP contribution is -2.15. The standard InChI is InChI=1S/C20H20N2O4S2/c1-26-19-10-3-2-9-18(19)22-28(24,25)17-8-4-6-15(14-17)21-20(23)12-11-16-7-5-13-27-16/h2-10,13-14,22H,11-12H2,1H3,(H,21,23). The number of thiophene rings is 1. The number of hydrogen-bond donors (Lipinski definition) is 2. The molecular weight excluding hydrogens is 396 g/mol. The summed E-state index contributed by atoms with van der Waals surface area (Å²) in [7, 11) is -2.36. The van der Waals surface area contributed by atoms with Crippen LogP contribution in [0.5, 0.6) is 5.75 Å². The van der Waals surface area contributed by atoms with Crippen LogP contribution in [0.15, 0.2) is 70.9 Å². The first-order chi connectivity index (χ1) is 13.5. The Morgan fingerprint density at radius 3 is 2.64 bits per heavy atom. The van der Waals surface area contributed by atoms with Crippen LogP contribution in [0.4, 0.5) is 11.4 Å². The molecule has 146 valence electrons. The molecule has 6 nitrogen and oxygen atoms in total. The summed E-state index contributed by atoms with van der Waals surface area (Å²) >= 11 is 1.60. The number of carbonyl (C=O) groups excluding carboxylic acids is 1. The molecule has 3 rings (SSSR count). The summed E-state index contributed by atoms with van der Waals surface area (Å²) in [5.41, 5.74) is 0.773. The first-order valence-electron chi connectivity index (χ1n) is 8.56. The van der Waals surface area contributed by atoms with Crippen molar-refractivity contribution in [2.75, 3.05) is 17.1 Å². The number of ether oxygens (including phenoxy) is 1. The van der Waals surface area contributed by atoms with Crippen LogP contribution in [-0.4, -0.2) is 21.4 Å². The second kappa shape index (κ2) is 8.90. The number of para-hydroxylation sites is 2. The highest BCUT2D eigenvalue weighted by Gasteiger charge is 2.17. The molecule has 8 heteroatoms. The lowest BCUT2D eigenvalue weighted by Gasteiger charge is -2.12. The van der Waals surface area contributed by atoms with Gasteiger partial charge in [-0.05, 0) is 48.2 Å². The number of benzene rings is 2. The molecule has 28 heavy (non-hydrogen) atoms. The van der Waals surface area contributed by atoms with Gasteiger partial charge in [-0.15, -0.1) is 11.3 Å². The van der Waals surface area contributed by atoms with E-state index in [-0.39, 0.29) is 10.8 Å². The first kappa shape index (κ1) is 19.9. The van der Waals surface area contributed by atoms with E-state index in [2.05, 4.69) is 10.0 Å². The average Bonchev–Trinajstić information content (AvgIpc) is 3.20. The van der Waals surface area contributed by atoms with Crippen LogP contribution < -0.4 is 14.8 Å². The third-order valence-corrected chi connectivity index (χ3v) is 6.26. The molecule has 0 fully saturated rings. The minimum Gasteiger partial charge on any atom is -0.495 e. The quantitative estimate of drug-likeness (QED) is 0.578. The SMILES string of the molecule is COc1ccccc1NS(=O)(=O)c1cccc(NC(=O)CCc2cccs2)c1. The second-order valence-corrected chi connectivity index (χ2v) is 8.68. The summed E-state index contributed by atoms with van der Waals surface area (Å²) < 4.78 is 33.1. The van der Waals surface area contributed by atoms with Crippen LogP contribution in [0.2, 0.25) is 0 Å². The summed E-state index contributed by atoms with van der Waals surface area (Å²) in [4.78, 5) is 13.3. The van der Waals surface area contributed by atoms with E-state index >= 15 is 0 Å². The van der Waals surface area contributed by atoms with Crippen LogP contribution in [0.1, 0.15) is 11.3 Å². The monoisotopic (exact) mass is 416 g/mol. The second-order valence-electron chi connectivity index (χ2n) is 5.96. The minimum absolute atomic E-state index is 0.0504. The highest BCUT2D eigenvalue weighted by atomic mass is 32.2. The Morgan fingerprint density at radius 2 is 1.89 bits per heavy atom. The Balaban J connectivity index is 1.70. The zero-order valence-electron chi connectivity index (χ0n) is 15.2. The van der Waals surface area contributed by atoms with Gasteiger partial charge in [0.1, 0.15) is 5.75 Å². The molecule has 1 aromatic heterocycles. The van der Waals surface area contributed by atoms with E-state index in [1.54, 1.807) is 47.7 Å². The number of sulfonamides is 1. The van der Waals surface area contributed by atoms with Crippen molar-refractivity contribution in [3.63, 3.8) is 0 Å². The van der Waals surface area contributed by atoms with E-state index < -0.39 is 10.0 Å². The summed E-state index contributed by atoms with van der Waals surface area (Å²) in [5, 5.41) is 4.72. The fourth-order valence-electron chi connectivity index (χ4n) is 2.59. The van der Waals surface area contributed by atoms with Gasteiger partial charge < -0.3 is 10.1 Å². The zero-order chi connectivity index (χ0) is 20.0. The Labute approximate surface area is 168 Å². The molecule has 0 unspecified atom stereocenters. The summed E-state index contributed by atoms with van der Waals surface area (Å²) in [6.45, 7) is 0. The van der Waals surface area contributed by atoms with Crippen molar-refractivity contribution in [3.8, 4) is 5.75 Å². The number of amides is 1. The highest BCUT2D eigenvalue weighted by Crippen LogP contribution is 2.27. The van der Waals surface area contributed by atoms with Crippen molar-refractivity contribution >= 4 is 38.6 Å². The van der Waals surface area contributed by atoms with E-state index in [0.717, 1.165) is 4.88 Å². The van der Waals surface area contributed by atoms with E-state index in [1.807, 2.05) is 17.5 Å². The van der Waals surface area contributed by atoms with Gasteiger partial charge in [-0.2, -0.15) is 0 Å². The molecular formula is C20H20N2O4S2. The van der Waals surface area contributed by atoms with Crippen molar-refractivity contribution in [2.45, 2.75) is 17.7 Å². The molecule has 1 amide bonds. The predicted octanol–water partition coefficient (Wildman–Crippen LogP) is 4.13. The number of rotatable bonds is 8. The molecule has 2 N–H and O–H groups in total. The summed E-state index contributed by atoms with van der Waals surface area (Å²) in [5.74, 6) is 0.254. The van der Waals surface area contributed by atoms with Crippen LogP contribution in [0.3, 0.4) is 0 Å². The third kappa shape index (κ3) is 5.11. The molecule has 0 saturated carbocycles. The van der Waals surface area contributed by atoms with Gasteiger partial charge in [0.15, 0.2) is 0 Å². The average molecular weight is 417 g/mol. The summed E-state index contributed by atoms with van der Waals surface area (Å²) in [6.07, 6.45) is 0.980. The van der Waals surface area contributed by atoms with Gasteiger partial charge in [-0.25, -0.2) is 8.42 Å². The number of aryl methyl sites for hydroxylation is 1. The van der Waals surface area contributed by atoms with Gasteiger partial charge in [0, 0.05) is 17.0 Å². The van der Waals surface area contributed by atoms with Gasteiger partial charge in [-0.1, -0.05) is 24.3 Å². The fourth-order valence-corrected chi connectivity index (χ4v) is 4.41. The minimum atomic E-state index is -3.83. The molecule has 1 heterocycles. The molecule has 0 spiro atoms. The summed E-state index contributed by atoms with van der Waals surface area (Å²) in [6, 6.07) is 16.8. The molecule has 0 aliphatic rings. The zero-order valence-corrected chi connectivity index (χ0v) is 16.8. The van der Waals surface area contributed by atoms with Crippen LogP contribution in [-0.2, 0) is 21.2 Å². The number of nitrogens with one attached hydrogen (secondary N) is 2. The van der Waals surface area contributed by atoms with Crippen molar-refractivity contribution in [2.24, 2.45) is 0 Å². The lowest BCUT2D eigenvalue weighted by molar-refractivity contribution is -0.116. The lowest BCUT2D eigenvalue weighted by atomic mass is 10.2. The molecule has 0 saturated heterocycles. The fraction of sp³-hybridized carbons (Fsp3) is 0.150. The maximum atomic E-state index is 12.7. The maximum absolute atomic E-state index is 12.7. The molecule has 0 atom stereocenters. The topological polar surface area (TPSA) is 84.5 Å². The molecule has 0 bridgehead atoms. The Kier molecular flexibility index (Phi) is 6.33. The van der Waals surface area contributed by atoms with Gasteiger partial charge in [0.2, 0.25) is 5.91 Å². The largest absolute Gasteiger partial charge is 0.495 e. The Morgan fingerprint density at radius 1 is 1.07 bits per heavy atom.